The number of hydrogen-bond acceptors (Lipinski definition) is 11. The van der Waals surface area contributed by atoms with Gasteiger partial charge in [-0.3, -0.25) is 8.92 Å². The van der Waals surface area contributed by atoms with Crippen LogP contribution in [-0.2, 0) is 37.2 Å². The number of rotatable bonds is 8. The Kier molecular flexibility index (Phi) is 6.70. The molecule has 6 atom stereocenters. The van der Waals surface area contributed by atoms with Crippen molar-refractivity contribution in [2.45, 2.75) is 30.9 Å². The van der Waals surface area contributed by atoms with Gasteiger partial charge in [0.25, 0.3) is 0 Å². The van der Waals surface area contributed by atoms with E-state index in [1.807, 2.05) is 0 Å². The van der Waals surface area contributed by atoms with Crippen LogP contribution in [0.15, 0.2) is 18.6 Å². The molecule has 3 rings (SSSR count). The molecule has 2 aromatic rings. The zero-order valence-corrected chi connectivity index (χ0v) is 18.6. The summed E-state index contributed by atoms with van der Waals surface area (Å²) < 4.78 is 67.2. The van der Waals surface area contributed by atoms with Gasteiger partial charge in [-0.15, -0.1) is 0 Å². The largest absolute Gasteiger partial charge is 0.490 e. The van der Waals surface area contributed by atoms with Gasteiger partial charge in [-0.2, -0.15) is 8.62 Å². The minimum absolute atomic E-state index is 0.0445. The maximum absolute atomic E-state index is 14.9. The number of aliphatic hydroxyl groups excluding tert-OH is 1. The van der Waals surface area contributed by atoms with Crippen molar-refractivity contribution in [2.24, 2.45) is 0 Å². The fourth-order valence-corrected chi connectivity index (χ4v) is 6.04. The van der Waals surface area contributed by atoms with Gasteiger partial charge in [0.15, 0.2) is 6.17 Å². The minimum Gasteiger partial charge on any atom is -0.387 e. The highest BCUT2D eigenvalue weighted by Gasteiger charge is 2.54. The van der Waals surface area contributed by atoms with Crippen molar-refractivity contribution in [3.05, 3.63) is 24.2 Å². The molecule has 20 heteroatoms. The molecular weight excluding hydrogens is 504 g/mol. The van der Waals surface area contributed by atoms with Crippen LogP contribution in [0.1, 0.15) is 12.5 Å². The number of hydrogen-bond donors (Lipinski definition) is 6. The number of fused-ring (bicyclic) bond motifs is 1. The molecule has 0 saturated carbocycles. The number of phosphoric acid groups is 3. The van der Waals surface area contributed by atoms with Crippen LogP contribution < -0.4 is 5.73 Å². The lowest BCUT2D eigenvalue weighted by Gasteiger charge is -2.25. The Morgan fingerprint density at radius 2 is 1.88 bits per heavy atom. The Labute approximate surface area is 178 Å². The molecule has 0 aliphatic carbocycles. The van der Waals surface area contributed by atoms with Gasteiger partial charge in [0.1, 0.15) is 29.8 Å². The summed E-state index contributed by atoms with van der Waals surface area (Å²) >= 11 is 0. The molecule has 3 heterocycles. The summed E-state index contributed by atoms with van der Waals surface area (Å²) in [5.41, 5.74) is 4.42. The SMILES string of the molecule is C[C@@]1(c2cc3ncnc(N)n3c2)O[C@H](COP(=O)(O)OP(=O)(O)OP(=O)(O)O)[C@@H](O)[C@H]1F. The number of nitrogen functional groups attached to an aromatic ring is 1. The molecule has 0 spiro atoms. The molecule has 180 valence electrons. The van der Waals surface area contributed by atoms with Crippen molar-refractivity contribution < 1.29 is 60.6 Å². The van der Waals surface area contributed by atoms with Crippen LogP contribution in [0.4, 0.5) is 10.3 Å². The van der Waals surface area contributed by atoms with Gasteiger partial charge in [-0.1, -0.05) is 0 Å². The maximum Gasteiger partial charge on any atom is 0.490 e. The Morgan fingerprint density at radius 1 is 1.22 bits per heavy atom. The molecule has 2 aromatic heterocycles. The van der Waals surface area contributed by atoms with Gasteiger partial charge in [0.05, 0.1) is 6.61 Å². The molecule has 0 bridgehead atoms. The average molecular weight is 522 g/mol. The highest BCUT2D eigenvalue weighted by atomic mass is 31.3. The van der Waals surface area contributed by atoms with Crippen molar-refractivity contribution >= 4 is 35.1 Å². The van der Waals surface area contributed by atoms with Gasteiger partial charge in [0.2, 0.25) is 5.95 Å². The maximum atomic E-state index is 14.9. The molecule has 1 aliphatic rings. The van der Waals surface area contributed by atoms with Crippen molar-refractivity contribution in [2.75, 3.05) is 12.3 Å². The number of nitrogens with zero attached hydrogens (tertiary/aromatic N) is 3. The molecule has 1 fully saturated rings. The second-order valence-corrected chi connectivity index (χ2v) is 11.2. The number of ether oxygens (including phenoxy) is 1. The average Bonchev–Trinajstić information content (AvgIpc) is 3.15. The molecule has 0 radical (unpaired) electrons. The third kappa shape index (κ3) is 5.42. The molecule has 0 aromatic carbocycles. The number of alkyl halides is 1. The topological polar surface area (TPSA) is 245 Å². The number of aliphatic hydroxyl groups is 1. The van der Waals surface area contributed by atoms with Gasteiger partial charge in [-0.05, 0) is 13.0 Å². The van der Waals surface area contributed by atoms with E-state index in [9.17, 15) is 28.1 Å². The summed E-state index contributed by atoms with van der Waals surface area (Å²) in [5.74, 6) is 0.0445. The van der Waals surface area contributed by atoms with Crippen LogP contribution in [0.5, 0.6) is 0 Å². The standard InChI is InChI=1S/C12H18FN4O12P3/c1-12(6-2-8-15-5-16-11(14)17(8)3-6)10(13)9(18)7(27-12)4-26-31(22,23)29-32(24,25)28-30(19,20)21/h2-3,5,7,9-10,18H,4H2,1H3,(H,22,23)(H,24,25)(H2,14,15,16)(H2,19,20,21)/t7-,9-,10-,12+/m1/s1. The first-order valence-electron chi connectivity index (χ1n) is 8.40. The van der Waals surface area contributed by atoms with E-state index < -0.39 is 54.1 Å². The highest BCUT2D eigenvalue weighted by molar-refractivity contribution is 7.66. The van der Waals surface area contributed by atoms with Crippen LogP contribution in [0.2, 0.25) is 0 Å². The van der Waals surface area contributed by atoms with E-state index in [0.717, 1.165) is 0 Å². The van der Waals surface area contributed by atoms with E-state index in [-0.39, 0.29) is 11.5 Å². The van der Waals surface area contributed by atoms with Gasteiger partial charge in [0, 0.05) is 11.8 Å². The van der Waals surface area contributed by atoms with Crippen LogP contribution in [-0.4, -0.2) is 64.0 Å². The monoisotopic (exact) mass is 522 g/mol. The minimum atomic E-state index is -5.73. The molecule has 1 saturated heterocycles. The van der Waals surface area contributed by atoms with E-state index in [1.54, 1.807) is 0 Å². The van der Waals surface area contributed by atoms with Crippen molar-refractivity contribution in [3.63, 3.8) is 0 Å². The second kappa shape index (κ2) is 8.47. The van der Waals surface area contributed by atoms with E-state index in [1.165, 1.54) is 29.9 Å². The zero-order chi connectivity index (χ0) is 24.1. The van der Waals surface area contributed by atoms with Crippen LogP contribution in [0.25, 0.3) is 5.65 Å². The number of halogens is 1. The zero-order valence-electron chi connectivity index (χ0n) is 15.9. The molecule has 32 heavy (non-hydrogen) atoms. The Balaban J connectivity index is 1.73. The van der Waals surface area contributed by atoms with Crippen LogP contribution >= 0.6 is 23.5 Å². The smallest absolute Gasteiger partial charge is 0.387 e. The molecule has 2 unspecified atom stereocenters. The highest BCUT2D eigenvalue weighted by Crippen LogP contribution is 2.66. The van der Waals surface area contributed by atoms with E-state index in [4.69, 9.17) is 25.2 Å². The number of nitrogens with two attached hydrogens (primary N) is 1. The third-order valence-electron chi connectivity index (χ3n) is 4.42. The molecule has 7 N–H and O–H groups in total. The first kappa shape index (κ1) is 25.3. The molecule has 1 aliphatic heterocycles. The number of phosphoric ester groups is 1. The first-order chi connectivity index (χ1) is 14.5. The van der Waals surface area contributed by atoms with E-state index in [0.29, 0.717) is 5.65 Å². The fourth-order valence-electron chi connectivity index (χ4n) is 3.01. The lowest BCUT2D eigenvalue weighted by atomic mass is 9.92. The number of aromatic nitrogens is 3. The first-order valence-corrected chi connectivity index (χ1v) is 12.9. The summed E-state index contributed by atoms with van der Waals surface area (Å²) in [6.45, 7) is 0.264. The van der Waals surface area contributed by atoms with Gasteiger partial charge in [-0.25, -0.2) is 28.1 Å². The summed E-state index contributed by atoms with van der Waals surface area (Å²) in [5, 5.41) is 10.2. The Morgan fingerprint density at radius 3 is 2.47 bits per heavy atom. The van der Waals surface area contributed by atoms with Gasteiger partial charge >= 0.3 is 23.5 Å². The summed E-state index contributed by atoms with van der Waals surface area (Å²) in [4.78, 5) is 43.4. The lowest BCUT2D eigenvalue weighted by Crippen LogP contribution is -2.35. The lowest BCUT2D eigenvalue weighted by molar-refractivity contribution is -0.0739. The number of anilines is 1. The van der Waals surface area contributed by atoms with Crippen LogP contribution in [0, 0.1) is 0 Å². The van der Waals surface area contributed by atoms with Crippen molar-refractivity contribution in [1.82, 2.24) is 14.4 Å². The van der Waals surface area contributed by atoms with Crippen molar-refractivity contribution in [3.8, 4) is 0 Å². The van der Waals surface area contributed by atoms with E-state index >= 15 is 0 Å². The molecule has 0 amide bonds. The van der Waals surface area contributed by atoms with Gasteiger partial charge < -0.3 is 35.2 Å². The Hall–Kier alpha value is -1.32. The Bertz CT molecular complexity index is 1160. The van der Waals surface area contributed by atoms with Crippen LogP contribution in [0.3, 0.4) is 0 Å². The second-order valence-electron chi connectivity index (χ2n) is 6.73. The third-order valence-corrected chi connectivity index (χ3v) is 8.22. The summed E-state index contributed by atoms with van der Waals surface area (Å²) in [6.07, 6.45) is -2.96. The predicted octanol–water partition coefficient (Wildman–Crippen LogP) is -0.0322. The van der Waals surface area contributed by atoms with E-state index in [2.05, 4.69) is 23.1 Å². The fraction of sp³-hybridized carbons (Fsp3) is 0.500. The molecule has 16 nitrogen and oxygen atoms in total. The van der Waals surface area contributed by atoms with Crippen molar-refractivity contribution in [1.29, 1.82) is 0 Å². The quantitative estimate of drug-likeness (QED) is 0.249. The predicted molar refractivity (Wildman–Crippen MR) is 100 cm³/mol. The molecular formula is C12H18FN4O12P3. The summed E-state index contributed by atoms with van der Waals surface area (Å²) in [6, 6.07) is 1.42. The normalized spacial score (nSPS) is 30.3. The summed E-state index contributed by atoms with van der Waals surface area (Å²) in [7, 11) is -16.8.